The molecular weight excluding hydrogens is 276 g/mol. The third-order valence-electron chi connectivity index (χ3n) is 2.33. The first-order valence-electron chi connectivity index (χ1n) is 5.82. The number of thiocarbonyl (C=S) groups is 2. The summed E-state index contributed by atoms with van der Waals surface area (Å²) in [5.41, 5.74) is 8.92. The van der Waals surface area contributed by atoms with Crippen molar-refractivity contribution in [3.05, 3.63) is 42.0 Å². The van der Waals surface area contributed by atoms with Crippen molar-refractivity contribution in [2.24, 2.45) is 0 Å². The zero-order valence-electron chi connectivity index (χ0n) is 11.0. The van der Waals surface area contributed by atoms with Crippen molar-refractivity contribution < 1.29 is 0 Å². The van der Waals surface area contributed by atoms with Crippen molar-refractivity contribution in [1.29, 1.82) is 0 Å². The molecule has 19 heavy (non-hydrogen) atoms. The molecule has 102 valence electrons. The molecule has 0 saturated heterocycles. The number of rotatable bonds is 3. The summed E-state index contributed by atoms with van der Waals surface area (Å²) in [4.78, 5) is 0. The van der Waals surface area contributed by atoms with E-state index in [0.717, 1.165) is 11.3 Å². The molecule has 0 saturated carbocycles. The van der Waals surface area contributed by atoms with Crippen LogP contribution in [-0.2, 0) is 0 Å². The van der Waals surface area contributed by atoms with Gasteiger partial charge in [-0.25, -0.2) is 0 Å². The predicted octanol–water partition coefficient (Wildman–Crippen LogP) is 2.15. The number of hydrogen-bond acceptors (Lipinski definition) is 2. The summed E-state index contributed by atoms with van der Waals surface area (Å²) in [6.07, 6.45) is 1.72. The average Bonchev–Trinajstić information content (AvgIpc) is 2.37. The maximum atomic E-state index is 5.17. The van der Waals surface area contributed by atoms with Crippen LogP contribution in [0.1, 0.15) is 11.1 Å². The van der Waals surface area contributed by atoms with E-state index in [1.807, 2.05) is 19.1 Å². The molecule has 0 aliphatic carbocycles. The van der Waals surface area contributed by atoms with Gasteiger partial charge < -0.3 is 10.6 Å². The van der Waals surface area contributed by atoms with Crippen LogP contribution >= 0.6 is 24.4 Å². The Morgan fingerprint density at radius 1 is 1.21 bits per heavy atom. The van der Waals surface area contributed by atoms with E-state index in [1.165, 1.54) is 5.56 Å². The van der Waals surface area contributed by atoms with E-state index >= 15 is 0 Å². The van der Waals surface area contributed by atoms with Gasteiger partial charge in [0.25, 0.3) is 0 Å². The topological polar surface area (TPSA) is 48.1 Å². The number of hydrazine groups is 1. The average molecular weight is 294 g/mol. The zero-order valence-corrected chi connectivity index (χ0v) is 12.7. The van der Waals surface area contributed by atoms with Crippen molar-refractivity contribution in [3.8, 4) is 0 Å². The van der Waals surface area contributed by atoms with Crippen LogP contribution in [0.2, 0.25) is 0 Å². The summed E-state index contributed by atoms with van der Waals surface area (Å²) >= 11 is 10.2. The molecule has 0 aliphatic heterocycles. The van der Waals surface area contributed by atoms with Crippen LogP contribution < -0.4 is 21.5 Å². The van der Waals surface area contributed by atoms with Gasteiger partial charge in [0, 0.05) is 12.2 Å². The molecule has 1 rings (SSSR count). The van der Waals surface area contributed by atoms with Crippen molar-refractivity contribution in [1.82, 2.24) is 16.2 Å². The lowest BCUT2D eigenvalue weighted by atomic mass is 10.1. The summed E-state index contributed by atoms with van der Waals surface area (Å²) in [6, 6.07) is 6.11. The van der Waals surface area contributed by atoms with Crippen LogP contribution in [0.5, 0.6) is 0 Å². The number of nitrogens with one attached hydrogen (secondary N) is 4. The minimum Gasteiger partial charge on any atom is -0.358 e. The standard InChI is InChI=1S/C13H18N4S2/c1-4-7-14-12(18)16-17-13(19)15-11-6-5-9(2)8-10(11)3/h4-6,8H,1,7H2,2-3H3,(H2,14,16,18)(H2,15,17,19). The smallest absolute Gasteiger partial charge is 0.189 e. The van der Waals surface area contributed by atoms with Gasteiger partial charge in [0.15, 0.2) is 10.2 Å². The van der Waals surface area contributed by atoms with E-state index in [-0.39, 0.29) is 0 Å². The monoisotopic (exact) mass is 294 g/mol. The van der Waals surface area contributed by atoms with Crippen LogP contribution in [-0.4, -0.2) is 16.8 Å². The summed E-state index contributed by atoms with van der Waals surface area (Å²) < 4.78 is 0. The first-order chi connectivity index (χ1) is 9.02. The number of aryl methyl sites for hydroxylation is 2. The molecule has 0 bridgehead atoms. The fourth-order valence-corrected chi connectivity index (χ4v) is 1.73. The number of anilines is 1. The first kappa shape index (κ1) is 15.4. The molecule has 0 aromatic heterocycles. The number of hydrogen-bond donors (Lipinski definition) is 4. The van der Waals surface area contributed by atoms with Crippen LogP contribution in [0.4, 0.5) is 5.69 Å². The van der Waals surface area contributed by atoms with Gasteiger partial charge in [0.1, 0.15) is 0 Å². The lowest BCUT2D eigenvalue weighted by molar-refractivity contribution is 0.839. The van der Waals surface area contributed by atoms with Crippen molar-refractivity contribution in [2.75, 3.05) is 11.9 Å². The van der Waals surface area contributed by atoms with Crippen LogP contribution in [0.25, 0.3) is 0 Å². The zero-order chi connectivity index (χ0) is 14.3. The molecule has 1 aromatic carbocycles. The van der Waals surface area contributed by atoms with Gasteiger partial charge in [-0.2, -0.15) is 0 Å². The van der Waals surface area contributed by atoms with Crippen LogP contribution in [0.3, 0.4) is 0 Å². The molecule has 4 N–H and O–H groups in total. The third-order valence-corrected chi connectivity index (χ3v) is 2.78. The minimum atomic E-state index is 0.453. The van der Waals surface area contributed by atoms with Crippen LogP contribution in [0, 0.1) is 13.8 Å². The maximum absolute atomic E-state index is 5.17. The van der Waals surface area contributed by atoms with Gasteiger partial charge in [-0.3, -0.25) is 10.9 Å². The van der Waals surface area contributed by atoms with Gasteiger partial charge >= 0.3 is 0 Å². The summed E-state index contributed by atoms with van der Waals surface area (Å²) in [7, 11) is 0. The second-order valence-electron chi connectivity index (χ2n) is 4.02. The van der Waals surface area contributed by atoms with E-state index < -0.39 is 0 Å². The summed E-state index contributed by atoms with van der Waals surface area (Å²) in [5, 5.41) is 6.94. The van der Waals surface area contributed by atoms with E-state index in [0.29, 0.717) is 16.8 Å². The molecular formula is C13H18N4S2. The molecule has 0 unspecified atom stereocenters. The normalized spacial score (nSPS) is 9.37. The predicted molar refractivity (Wildman–Crippen MR) is 89.2 cm³/mol. The van der Waals surface area contributed by atoms with Crippen LogP contribution in [0.15, 0.2) is 30.9 Å². The van der Waals surface area contributed by atoms with Crippen molar-refractivity contribution in [3.63, 3.8) is 0 Å². The van der Waals surface area contributed by atoms with Gasteiger partial charge in [-0.1, -0.05) is 23.8 Å². The Hall–Kier alpha value is -1.66. The molecule has 0 amide bonds. The Labute approximate surface area is 124 Å². The Bertz CT molecular complexity index is 486. The molecule has 1 aromatic rings. The Kier molecular flexibility index (Phi) is 6.24. The van der Waals surface area contributed by atoms with Gasteiger partial charge in [0.2, 0.25) is 0 Å². The lowest BCUT2D eigenvalue weighted by Crippen LogP contribution is -2.48. The Morgan fingerprint density at radius 3 is 2.53 bits per heavy atom. The molecule has 4 nitrogen and oxygen atoms in total. The molecule has 0 aliphatic rings. The second-order valence-corrected chi connectivity index (χ2v) is 4.84. The van der Waals surface area contributed by atoms with E-state index in [4.69, 9.17) is 24.4 Å². The van der Waals surface area contributed by atoms with E-state index in [9.17, 15) is 0 Å². The van der Waals surface area contributed by atoms with Gasteiger partial charge in [-0.05, 0) is 49.9 Å². The van der Waals surface area contributed by atoms with Crippen molar-refractivity contribution >= 4 is 40.3 Å². The van der Waals surface area contributed by atoms with Gasteiger partial charge in [0.05, 0.1) is 0 Å². The summed E-state index contributed by atoms with van der Waals surface area (Å²) in [6.45, 7) is 8.28. The minimum absolute atomic E-state index is 0.453. The SMILES string of the molecule is C=CCNC(=S)NNC(=S)Nc1ccc(C)cc1C. The molecule has 0 atom stereocenters. The summed E-state index contributed by atoms with van der Waals surface area (Å²) in [5.74, 6) is 0. The first-order valence-corrected chi connectivity index (χ1v) is 6.63. The largest absolute Gasteiger partial charge is 0.358 e. The lowest BCUT2D eigenvalue weighted by Gasteiger charge is -2.15. The molecule has 6 heteroatoms. The molecule has 0 heterocycles. The Morgan fingerprint density at radius 2 is 1.89 bits per heavy atom. The fraction of sp³-hybridized carbons (Fsp3) is 0.231. The van der Waals surface area contributed by atoms with Crippen molar-refractivity contribution in [2.45, 2.75) is 13.8 Å². The highest BCUT2D eigenvalue weighted by Crippen LogP contribution is 2.15. The van der Waals surface area contributed by atoms with Gasteiger partial charge in [-0.15, -0.1) is 6.58 Å². The van der Waals surface area contributed by atoms with E-state index in [2.05, 4.69) is 41.1 Å². The second kappa shape index (κ2) is 7.70. The highest BCUT2D eigenvalue weighted by molar-refractivity contribution is 7.80. The third kappa shape index (κ3) is 5.67. The van der Waals surface area contributed by atoms with E-state index in [1.54, 1.807) is 6.08 Å². The fourth-order valence-electron chi connectivity index (χ4n) is 1.43. The maximum Gasteiger partial charge on any atom is 0.189 e. The highest BCUT2D eigenvalue weighted by atomic mass is 32.1. The highest BCUT2D eigenvalue weighted by Gasteiger charge is 2.01. The molecule has 0 fully saturated rings. The Balaban J connectivity index is 2.43. The quantitative estimate of drug-likeness (QED) is 0.389. The number of benzene rings is 1. The molecule has 0 radical (unpaired) electrons. The molecule has 0 spiro atoms.